The maximum absolute atomic E-state index is 6.21. The van der Waals surface area contributed by atoms with Crippen LogP contribution in [0.1, 0.15) is 22.9 Å². The van der Waals surface area contributed by atoms with E-state index in [2.05, 4.69) is 47.9 Å². The lowest BCUT2D eigenvalue weighted by atomic mass is 10.00. The van der Waals surface area contributed by atoms with E-state index in [0.717, 1.165) is 33.6 Å². The topological polar surface area (TPSA) is 27.8 Å². The lowest BCUT2D eigenvalue weighted by Crippen LogP contribution is -2.30. The standard InChI is InChI=1S/C20H20Cl2N2S/c1-11(2)17(9-14-10-23-16-8-6-5-7-15(14)16)24-13(4)19-12(3)18(21)20(22)25-19/h5-8,10,17,23-24H,1,4,9H2,2-3H3. The summed E-state index contributed by atoms with van der Waals surface area (Å²) in [4.78, 5) is 4.31. The summed E-state index contributed by atoms with van der Waals surface area (Å²) in [5.41, 5.74) is 5.23. The van der Waals surface area contributed by atoms with Crippen molar-refractivity contribution in [2.75, 3.05) is 0 Å². The second kappa shape index (κ2) is 7.28. The molecule has 3 aromatic rings. The smallest absolute Gasteiger partial charge is 0.112 e. The highest BCUT2D eigenvalue weighted by Crippen LogP contribution is 2.39. The summed E-state index contributed by atoms with van der Waals surface area (Å²) >= 11 is 13.8. The zero-order valence-electron chi connectivity index (χ0n) is 14.2. The minimum absolute atomic E-state index is 0.0748. The van der Waals surface area contributed by atoms with Crippen molar-refractivity contribution in [3.8, 4) is 0 Å². The van der Waals surface area contributed by atoms with E-state index >= 15 is 0 Å². The van der Waals surface area contributed by atoms with Crippen LogP contribution in [0, 0.1) is 6.92 Å². The average molecular weight is 391 g/mol. The van der Waals surface area contributed by atoms with Gasteiger partial charge in [-0.25, -0.2) is 0 Å². The number of thiophene rings is 1. The number of benzene rings is 1. The molecule has 0 radical (unpaired) electrons. The number of H-pyrrole nitrogens is 1. The lowest BCUT2D eigenvalue weighted by Gasteiger charge is -2.21. The Kier molecular flexibility index (Phi) is 5.28. The Morgan fingerprint density at radius 3 is 2.64 bits per heavy atom. The molecule has 2 nitrogen and oxygen atoms in total. The number of para-hydroxylation sites is 1. The van der Waals surface area contributed by atoms with Crippen molar-refractivity contribution in [1.82, 2.24) is 10.3 Å². The van der Waals surface area contributed by atoms with E-state index in [-0.39, 0.29) is 6.04 Å². The molecule has 2 heterocycles. The Balaban J connectivity index is 1.83. The van der Waals surface area contributed by atoms with Gasteiger partial charge in [-0.15, -0.1) is 11.3 Å². The maximum Gasteiger partial charge on any atom is 0.112 e. The van der Waals surface area contributed by atoms with Crippen LogP contribution in [0.5, 0.6) is 0 Å². The molecule has 0 saturated carbocycles. The highest BCUT2D eigenvalue weighted by Gasteiger charge is 2.18. The molecule has 1 unspecified atom stereocenters. The fourth-order valence-corrected chi connectivity index (χ4v) is 4.39. The number of nitrogens with one attached hydrogen (secondary N) is 2. The van der Waals surface area contributed by atoms with E-state index < -0.39 is 0 Å². The van der Waals surface area contributed by atoms with E-state index in [1.807, 2.05) is 19.9 Å². The quantitative estimate of drug-likeness (QED) is 0.456. The highest BCUT2D eigenvalue weighted by atomic mass is 35.5. The van der Waals surface area contributed by atoms with Crippen LogP contribution >= 0.6 is 34.5 Å². The van der Waals surface area contributed by atoms with Gasteiger partial charge in [0.05, 0.1) is 15.9 Å². The van der Waals surface area contributed by atoms with Gasteiger partial charge >= 0.3 is 0 Å². The van der Waals surface area contributed by atoms with Crippen molar-refractivity contribution >= 4 is 51.1 Å². The summed E-state index contributed by atoms with van der Waals surface area (Å²) < 4.78 is 0.598. The molecular formula is C20H20Cl2N2S. The summed E-state index contributed by atoms with van der Waals surface area (Å²) in [6, 6.07) is 8.38. The largest absolute Gasteiger partial charge is 0.378 e. The molecule has 0 amide bonds. The van der Waals surface area contributed by atoms with Crippen molar-refractivity contribution in [3.63, 3.8) is 0 Å². The van der Waals surface area contributed by atoms with Crippen molar-refractivity contribution in [1.29, 1.82) is 0 Å². The van der Waals surface area contributed by atoms with E-state index in [1.54, 1.807) is 0 Å². The summed E-state index contributed by atoms with van der Waals surface area (Å²) in [5.74, 6) is 0. The van der Waals surface area contributed by atoms with Crippen molar-refractivity contribution in [3.05, 3.63) is 74.6 Å². The molecule has 1 aromatic carbocycles. The Morgan fingerprint density at radius 2 is 2.00 bits per heavy atom. The first-order valence-electron chi connectivity index (χ1n) is 7.99. The van der Waals surface area contributed by atoms with Crippen LogP contribution in [-0.2, 0) is 6.42 Å². The van der Waals surface area contributed by atoms with Gasteiger partial charge in [-0.2, -0.15) is 0 Å². The summed E-state index contributed by atoms with van der Waals surface area (Å²) in [7, 11) is 0. The van der Waals surface area contributed by atoms with Gasteiger partial charge < -0.3 is 10.3 Å². The first-order chi connectivity index (χ1) is 11.9. The van der Waals surface area contributed by atoms with Gasteiger partial charge in [0.1, 0.15) is 4.34 Å². The second-order valence-corrected chi connectivity index (χ2v) is 8.23. The number of hydrogen-bond donors (Lipinski definition) is 2. The van der Waals surface area contributed by atoms with Gasteiger partial charge in [0, 0.05) is 22.8 Å². The van der Waals surface area contributed by atoms with Crippen molar-refractivity contribution in [2.24, 2.45) is 0 Å². The van der Waals surface area contributed by atoms with Gasteiger partial charge in [-0.1, -0.05) is 60.1 Å². The molecule has 0 saturated heterocycles. The summed E-state index contributed by atoms with van der Waals surface area (Å²) in [5, 5.41) is 5.34. The predicted molar refractivity (Wildman–Crippen MR) is 112 cm³/mol. The van der Waals surface area contributed by atoms with Crippen LogP contribution in [0.3, 0.4) is 0 Å². The maximum atomic E-state index is 6.21. The molecule has 0 aliphatic heterocycles. The third-order valence-corrected chi connectivity index (χ3v) is 6.59. The SMILES string of the molecule is C=C(NC(Cc1c[nH]c2ccccc12)C(=C)C)c1sc(Cl)c(Cl)c1C. The molecule has 0 spiro atoms. The Bertz CT molecular complexity index is 952. The van der Waals surface area contributed by atoms with Crippen LogP contribution in [0.15, 0.2) is 49.2 Å². The third-order valence-electron chi connectivity index (χ3n) is 4.35. The summed E-state index contributed by atoms with van der Waals surface area (Å²) in [6.07, 6.45) is 2.89. The zero-order chi connectivity index (χ0) is 18.1. The van der Waals surface area contributed by atoms with Crippen LogP contribution in [0.4, 0.5) is 0 Å². The first-order valence-corrected chi connectivity index (χ1v) is 9.56. The number of aromatic amines is 1. The van der Waals surface area contributed by atoms with Gasteiger partial charge in [-0.05, 0) is 37.5 Å². The van der Waals surface area contributed by atoms with Gasteiger partial charge in [0.25, 0.3) is 0 Å². The van der Waals surface area contributed by atoms with Crippen molar-refractivity contribution in [2.45, 2.75) is 26.3 Å². The number of aromatic nitrogens is 1. The third kappa shape index (κ3) is 3.64. The molecule has 5 heteroatoms. The van der Waals surface area contributed by atoms with E-state index in [1.165, 1.54) is 22.3 Å². The van der Waals surface area contributed by atoms with E-state index in [0.29, 0.717) is 9.36 Å². The molecule has 0 fully saturated rings. The molecule has 2 aromatic heterocycles. The van der Waals surface area contributed by atoms with E-state index in [9.17, 15) is 0 Å². The molecule has 0 aliphatic rings. The van der Waals surface area contributed by atoms with E-state index in [4.69, 9.17) is 23.2 Å². The fourth-order valence-electron chi connectivity index (χ4n) is 2.89. The second-order valence-electron chi connectivity index (χ2n) is 6.23. The molecular weight excluding hydrogens is 371 g/mol. The highest BCUT2D eigenvalue weighted by molar-refractivity contribution is 7.18. The van der Waals surface area contributed by atoms with Gasteiger partial charge in [-0.3, -0.25) is 0 Å². The molecule has 130 valence electrons. The number of hydrogen-bond acceptors (Lipinski definition) is 2. The minimum atomic E-state index is 0.0748. The molecule has 1 atom stereocenters. The molecule has 0 bridgehead atoms. The number of fused-ring (bicyclic) bond motifs is 1. The minimum Gasteiger partial charge on any atom is -0.378 e. The van der Waals surface area contributed by atoms with Crippen LogP contribution in [0.25, 0.3) is 16.6 Å². The fraction of sp³-hybridized carbons (Fsp3) is 0.200. The molecule has 25 heavy (non-hydrogen) atoms. The Labute approximate surface area is 162 Å². The normalized spacial score (nSPS) is 12.3. The van der Waals surface area contributed by atoms with Gasteiger partial charge in [0.2, 0.25) is 0 Å². The Morgan fingerprint density at radius 1 is 1.28 bits per heavy atom. The van der Waals surface area contributed by atoms with Crippen molar-refractivity contribution < 1.29 is 0 Å². The molecule has 0 aliphatic carbocycles. The zero-order valence-corrected chi connectivity index (χ0v) is 16.6. The van der Waals surface area contributed by atoms with Crippen LogP contribution < -0.4 is 5.32 Å². The molecule has 3 rings (SSSR count). The predicted octanol–water partition coefficient (Wildman–Crippen LogP) is 6.59. The monoisotopic (exact) mass is 390 g/mol. The van der Waals surface area contributed by atoms with Gasteiger partial charge in [0.15, 0.2) is 0 Å². The Hall–Kier alpha value is -1.68. The molecule has 2 N–H and O–H groups in total. The van der Waals surface area contributed by atoms with Crippen LogP contribution in [0.2, 0.25) is 9.36 Å². The first kappa shape index (κ1) is 18.1. The van der Waals surface area contributed by atoms with Crippen LogP contribution in [-0.4, -0.2) is 11.0 Å². The number of halogens is 2. The summed E-state index contributed by atoms with van der Waals surface area (Å²) in [6.45, 7) is 12.3. The average Bonchev–Trinajstić information content (AvgIpc) is 3.10. The lowest BCUT2D eigenvalue weighted by molar-refractivity contribution is 0.678. The number of rotatable bonds is 6.